The highest BCUT2D eigenvalue weighted by molar-refractivity contribution is 5.36. The zero-order valence-corrected chi connectivity index (χ0v) is 9.76. The number of nitrogens with zero attached hydrogens (tertiary/aromatic N) is 2. The van der Waals surface area contributed by atoms with E-state index in [1.54, 1.807) is 7.11 Å². The van der Waals surface area contributed by atoms with Crippen molar-refractivity contribution in [3.8, 4) is 5.75 Å². The van der Waals surface area contributed by atoms with Crippen LogP contribution in [-0.4, -0.2) is 23.2 Å². The monoisotopic (exact) mass is 229 g/mol. The van der Waals surface area contributed by atoms with Crippen LogP contribution in [0.25, 0.3) is 0 Å². The summed E-state index contributed by atoms with van der Waals surface area (Å²) in [7, 11) is 1.70. The average molecular weight is 229 g/mol. The molecule has 0 amide bonds. The fraction of sp³-hybridized carbons (Fsp3) is 0.308. The molecule has 1 aromatic heterocycles. The molecule has 0 radical (unpaired) electrons. The van der Waals surface area contributed by atoms with Crippen LogP contribution in [0.15, 0.2) is 36.7 Å². The van der Waals surface area contributed by atoms with Crippen LogP contribution in [0, 0.1) is 0 Å². The van der Waals surface area contributed by atoms with Gasteiger partial charge < -0.3 is 14.6 Å². The fourth-order valence-corrected chi connectivity index (χ4v) is 2.26. The van der Waals surface area contributed by atoms with Crippen LogP contribution in [-0.2, 0) is 6.54 Å². The van der Waals surface area contributed by atoms with Gasteiger partial charge in [0.25, 0.3) is 0 Å². The van der Waals surface area contributed by atoms with Gasteiger partial charge in [0, 0.05) is 31.4 Å². The highest BCUT2D eigenvalue weighted by atomic mass is 16.5. The third kappa shape index (κ3) is 1.86. The Morgan fingerprint density at radius 3 is 3.29 bits per heavy atom. The lowest BCUT2D eigenvalue weighted by Gasteiger charge is -2.25. The van der Waals surface area contributed by atoms with E-state index < -0.39 is 0 Å². The zero-order valence-electron chi connectivity index (χ0n) is 9.76. The Bertz CT molecular complexity index is 521. The first-order chi connectivity index (χ1) is 8.36. The van der Waals surface area contributed by atoms with E-state index in [0.29, 0.717) is 5.92 Å². The molecule has 1 unspecified atom stereocenters. The molecule has 17 heavy (non-hydrogen) atoms. The molecule has 1 atom stereocenters. The van der Waals surface area contributed by atoms with Crippen molar-refractivity contribution in [1.29, 1.82) is 0 Å². The summed E-state index contributed by atoms with van der Waals surface area (Å²) in [4.78, 5) is 4.25. The number of hydrogen-bond donors (Lipinski definition) is 1. The second kappa shape index (κ2) is 4.13. The van der Waals surface area contributed by atoms with Crippen molar-refractivity contribution in [2.24, 2.45) is 0 Å². The summed E-state index contributed by atoms with van der Waals surface area (Å²) in [5.74, 6) is 2.34. The van der Waals surface area contributed by atoms with Crippen molar-refractivity contribution in [3.63, 3.8) is 0 Å². The van der Waals surface area contributed by atoms with Crippen molar-refractivity contribution in [2.75, 3.05) is 19.0 Å². The lowest BCUT2D eigenvalue weighted by molar-refractivity contribution is 0.413. The van der Waals surface area contributed by atoms with E-state index in [0.717, 1.165) is 24.8 Å². The molecule has 0 saturated heterocycles. The fourth-order valence-electron chi connectivity index (χ4n) is 2.26. The van der Waals surface area contributed by atoms with Gasteiger partial charge in [-0.15, -0.1) is 0 Å². The molecule has 2 aromatic rings. The molecule has 4 nitrogen and oxygen atoms in total. The van der Waals surface area contributed by atoms with Gasteiger partial charge in [-0.25, -0.2) is 4.98 Å². The van der Waals surface area contributed by atoms with E-state index in [9.17, 15) is 0 Å². The molecule has 0 fully saturated rings. The van der Waals surface area contributed by atoms with E-state index in [1.165, 1.54) is 5.56 Å². The first-order valence-corrected chi connectivity index (χ1v) is 5.76. The van der Waals surface area contributed by atoms with Gasteiger partial charge in [0.2, 0.25) is 5.95 Å². The Morgan fingerprint density at radius 1 is 1.47 bits per heavy atom. The Balaban J connectivity index is 1.86. The van der Waals surface area contributed by atoms with Crippen LogP contribution in [0.3, 0.4) is 0 Å². The SMILES string of the molecule is COc1cccc(C2CNc3nccn3C2)c1. The molecule has 0 saturated carbocycles. The van der Waals surface area contributed by atoms with Crippen LogP contribution in [0.5, 0.6) is 5.75 Å². The molecule has 1 aromatic carbocycles. The molecule has 1 aliphatic heterocycles. The topological polar surface area (TPSA) is 39.1 Å². The number of benzene rings is 1. The third-order valence-electron chi connectivity index (χ3n) is 3.20. The van der Waals surface area contributed by atoms with Gasteiger partial charge in [0.05, 0.1) is 7.11 Å². The highest BCUT2D eigenvalue weighted by Gasteiger charge is 2.19. The summed E-state index contributed by atoms with van der Waals surface area (Å²) in [5.41, 5.74) is 1.30. The number of aromatic nitrogens is 2. The molecule has 1 aliphatic rings. The Hall–Kier alpha value is -1.97. The van der Waals surface area contributed by atoms with E-state index in [2.05, 4.69) is 27.0 Å². The van der Waals surface area contributed by atoms with Gasteiger partial charge in [-0.1, -0.05) is 12.1 Å². The minimum atomic E-state index is 0.465. The number of ether oxygens (including phenoxy) is 1. The first kappa shape index (κ1) is 10.2. The van der Waals surface area contributed by atoms with E-state index in [-0.39, 0.29) is 0 Å². The zero-order chi connectivity index (χ0) is 11.7. The van der Waals surface area contributed by atoms with Gasteiger partial charge in [-0.2, -0.15) is 0 Å². The lowest BCUT2D eigenvalue weighted by atomic mass is 9.97. The van der Waals surface area contributed by atoms with Gasteiger partial charge in [-0.3, -0.25) is 0 Å². The van der Waals surface area contributed by atoms with Crippen molar-refractivity contribution >= 4 is 5.95 Å². The predicted molar refractivity (Wildman–Crippen MR) is 66.5 cm³/mol. The second-order valence-electron chi connectivity index (χ2n) is 4.26. The van der Waals surface area contributed by atoms with E-state index in [4.69, 9.17) is 4.74 Å². The number of nitrogens with one attached hydrogen (secondary N) is 1. The van der Waals surface area contributed by atoms with Crippen LogP contribution in [0.1, 0.15) is 11.5 Å². The average Bonchev–Trinajstić information content (AvgIpc) is 2.86. The third-order valence-corrected chi connectivity index (χ3v) is 3.20. The van der Waals surface area contributed by atoms with Gasteiger partial charge >= 0.3 is 0 Å². The summed E-state index contributed by atoms with van der Waals surface area (Å²) in [6.07, 6.45) is 3.84. The molecular weight excluding hydrogens is 214 g/mol. The molecule has 88 valence electrons. The summed E-state index contributed by atoms with van der Waals surface area (Å²) in [5, 5.41) is 3.34. The standard InChI is InChI=1S/C13H15N3O/c1-17-12-4-2-3-10(7-12)11-8-15-13-14-5-6-16(13)9-11/h2-7,11H,8-9H2,1H3,(H,14,15). The first-order valence-electron chi connectivity index (χ1n) is 5.76. The Morgan fingerprint density at radius 2 is 2.41 bits per heavy atom. The molecular formula is C13H15N3O. The summed E-state index contributed by atoms with van der Waals surface area (Å²) >= 11 is 0. The molecule has 3 rings (SSSR count). The Labute approximate surface area is 100 Å². The maximum atomic E-state index is 5.26. The minimum Gasteiger partial charge on any atom is -0.497 e. The smallest absolute Gasteiger partial charge is 0.202 e. The molecule has 0 aliphatic carbocycles. The number of hydrogen-bond acceptors (Lipinski definition) is 3. The van der Waals surface area contributed by atoms with Crippen molar-refractivity contribution in [1.82, 2.24) is 9.55 Å². The normalized spacial score (nSPS) is 18.3. The minimum absolute atomic E-state index is 0.465. The highest BCUT2D eigenvalue weighted by Crippen LogP contribution is 2.26. The number of methoxy groups -OCH3 is 1. The molecule has 1 N–H and O–H groups in total. The predicted octanol–water partition coefficient (Wildman–Crippen LogP) is 2.10. The van der Waals surface area contributed by atoms with Crippen LogP contribution >= 0.6 is 0 Å². The van der Waals surface area contributed by atoms with Crippen molar-refractivity contribution < 1.29 is 4.74 Å². The summed E-state index contributed by atoms with van der Waals surface area (Å²) in [6.45, 7) is 1.89. The number of anilines is 1. The quantitative estimate of drug-likeness (QED) is 0.857. The van der Waals surface area contributed by atoms with E-state index in [1.807, 2.05) is 24.5 Å². The Kier molecular flexibility index (Phi) is 2.48. The number of rotatable bonds is 2. The van der Waals surface area contributed by atoms with Crippen LogP contribution in [0.4, 0.5) is 5.95 Å². The van der Waals surface area contributed by atoms with Gasteiger partial charge in [-0.05, 0) is 17.7 Å². The maximum Gasteiger partial charge on any atom is 0.202 e. The lowest BCUT2D eigenvalue weighted by Crippen LogP contribution is -2.25. The molecule has 2 heterocycles. The molecule has 0 spiro atoms. The molecule has 0 bridgehead atoms. The number of fused-ring (bicyclic) bond motifs is 1. The maximum absolute atomic E-state index is 5.26. The van der Waals surface area contributed by atoms with Gasteiger partial charge in [0.15, 0.2) is 0 Å². The summed E-state index contributed by atoms with van der Waals surface area (Å²) < 4.78 is 7.41. The largest absolute Gasteiger partial charge is 0.497 e. The van der Waals surface area contributed by atoms with Gasteiger partial charge in [0.1, 0.15) is 5.75 Å². The van der Waals surface area contributed by atoms with Crippen LogP contribution < -0.4 is 10.1 Å². The number of imidazole rings is 1. The van der Waals surface area contributed by atoms with Crippen LogP contribution in [0.2, 0.25) is 0 Å². The molecule has 4 heteroatoms. The van der Waals surface area contributed by atoms with E-state index >= 15 is 0 Å². The van der Waals surface area contributed by atoms with Crippen molar-refractivity contribution in [2.45, 2.75) is 12.5 Å². The second-order valence-corrected chi connectivity index (χ2v) is 4.26. The summed E-state index contributed by atoms with van der Waals surface area (Å²) in [6, 6.07) is 8.27. The van der Waals surface area contributed by atoms with Crippen molar-refractivity contribution in [3.05, 3.63) is 42.2 Å².